The number of urea groups is 1. The van der Waals surface area contributed by atoms with Gasteiger partial charge in [0.05, 0.1) is 13.1 Å². The van der Waals surface area contributed by atoms with Crippen LogP contribution in [0, 0.1) is 6.92 Å². The number of likely N-dealkylation sites (tertiary alicyclic amines) is 1. The first-order valence-corrected chi connectivity index (χ1v) is 8.98. The largest absolute Gasteiger partial charge is 0.388 e. The molecule has 2 aromatic rings. The van der Waals surface area contributed by atoms with Crippen LogP contribution in [0.3, 0.4) is 0 Å². The molecule has 142 valence electrons. The van der Waals surface area contributed by atoms with Gasteiger partial charge in [-0.3, -0.25) is 9.69 Å². The summed E-state index contributed by atoms with van der Waals surface area (Å²) in [5.74, 6) is -0.348. The number of alkyl halides is 1. The number of hydrogen-bond donors (Lipinski definition) is 1. The van der Waals surface area contributed by atoms with Crippen molar-refractivity contribution in [3.8, 4) is 0 Å². The van der Waals surface area contributed by atoms with Gasteiger partial charge in [0.25, 0.3) is 0 Å². The van der Waals surface area contributed by atoms with E-state index in [1.165, 1.54) is 4.90 Å². The number of aliphatic hydroxyl groups is 1. The number of hydrogen-bond acceptors (Lipinski definition) is 3. The van der Waals surface area contributed by atoms with Crippen LogP contribution < -0.4 is 4.90 Å². The zero-order chi connectivity index (χ0) is 19.4. The molecule has 1 atom stereocenters. The zero-order valence-electron chi connectivity index (χ0n) is 15.3. The number of carbonyl (C=O) groups is 2. The van der Waals surface area contributed by atoms with Gasteiger partial charge >= 0.3 is 6.03 Å². The monoisotopic (exact) mass is 370 g/mol. The molecule has 0 saturated carbocycles. The van der Waals surface area contributed by atoms with Crippen molar-refractivity contribution in [2.24, 2.45) is 0 Å². The van der Waals surface area contributed by atoms with Crippen LogP contribution in [0.1, 0.15) is 27.9 Å². The van der Waals surface area contributed by atoms with Gasteiger partial charge in [-0.05, 0) is 31.0 Å². The summed E-state index contributed by atoms with van der Waals surface area (Å²) in [7, 11) is 0. The number of carbonyl (C=O) groups excluding carboxylic acids is 2. The molecule has 1 N–H and O–H groups in total. The Kier molecular flexibility index (Phi) is 5.86. The first-order valence-electron chi connectivity index (χ1n) is 8.98. The van der Waals surface area contributed by atoms with Gasteiger partial charge in [-0.25, -0.2) is 9.18 Å². The highest BCUT2D eigenvalue weighted by Crippen LogP contribution is 2.23. The van der Waals surface area contributed by atoms with E-state index in [0.717, 1.165) is 16.8 Å². The Bertz CT molecular complexity index is 805. The molecule has 1 heterocycles. The highest BCUT2D eigenvalue weighted by Gasteiger charge is 2.30. The number of halogens is 1. The predicted octanol–water partition coefficient (Wildman–Crippen LogP) is 3.34. The second-order valence-corrected chi connectivity index (χ2v) is 6.81. The molecule has 1 saturated heterocycles. The van der Waals surface area contributed by atoms with Gasteiger partial charge in [-0.1, -0.05) is 42.0 Å². The van der Waals surface area contributed by atoms with Crippen LogP contribution in [0.5, 0.6) is 0 Å². The van der Waals surface area contributed by atoms with Crippen molar-refractivity contribution in [2.75, 3.05) is 24.6 Å². The molecule has 2 amide bonds. The van der Waals surface area contributed by atoms with E-state index < -0.39 is 12.8 Å². The Balaban J connectivity index is 1.84. The number of ketones is 1. The molecule has 1 fully saturated rings. The fourth-order valence-corrected chi connectivity index (χ4v) is 3.13. The number of anilines is 1. The average Bonchev–Trinajstić information content (AvgIpc) is 3.12. The van der Waals surface area contributed by atoms with Crippen LogP contribution in [0.15, 0.2) is 48.5 Å². The van der Waals surface area contributed by atoms with E-state index in [9.17, 15) is 14.0 Å². The fraction of sp³-hybridized carbons (Fsp3) is 0.333. The van der Waals surface area contributed by atoms with E-state index in [4.69, 9.17) is 5.11 Å². The van der Waals surface area contributed by atoms with Crippen molar-refractivity contribution in [3.05, 3.63) is 65.2 Å². The molecule has 0 aromatic heterocycles. The molecule has 27 heavy (non-hydrogen) atoms. The number of aryl methyl sites for hydroxylation is 1. The molecular weight excluding hydrogens is 347 g/mol. The van der Waals surface area contributed by atoms with Crippen LogP contribution in [-0.2, 0) is 6.54 Å². The number of rotatable bonds is 5. The number of benzene rings is 2. The molecule has 1 aliphatic rings. The predicted molar refractivity (Wildman–Crippen MR) is 102 cm³/mol. The minimum Gasteiger partial charge on any atom is -0.388 e. The second kappa shape index (κ2) is 8.31. The molecule has 1 aliphatic heterocycles. The van der Waals surface area contributed by atoms with Crippen molar-refractivity contribution in [1.82, 2.24) is 4.90 Å². The number of amides is 2. The van der Waals surface area contributed by atoms with E-state index >= 15 is 0 Å². The van der Waals surface area contributed by atoms with Crippen LogP contribution >= 0.6 is 0 Å². The van der Waals surface area contributed by atoms with Crippen LogP contribution in [0.2, 0.25) is 0 Å². The van der Waals surface area contributed by atoms with Gasteiger partial charge in [-0.15, -0.1) is 0 Å². The molecule has 0 radical (unpaired) electrons. The summed E-state index contributed by atoms with van der Waals surface area (Å²) in [6.45, 7) is 2.27. The molecule has 0 aliphatic carbocycles. The zero-order valence-corrected chi connectivity index (χ0v) is 15.3. The van der Waals surface area contributed by atoms with Crippen LogP contribution in [0.4, 0.5) is 14.9 Å². The van der Waals surface area contributed by atoms with E-state index in [1.807, 2.05) is 31.2 Å². The van der Waals surface area contributed by atoms with Crippen LogP contribution in [0.25, 0.3) is 0 Å². The summed E-state index contributed by atoms with van der Waals surface area (Å²) in [5.41, 5.74) is 3.09. The quantitative estimate of drug-likeness (QED) is 0.821. The van der Waals surface area contributed by atoms with Crippen LogP contribution in [-0.4, -0.2) is 47.7 Å². The van der Waals surface area contributed by atoms with Gasteiger partial charge in [0.1, 0.15) is 12.8 Å². The van der Waals surface area contributed by atoms with E-state index in [-0.39, 0.29) is 18.4 Å². The van der Waals surface area contributed by atoms with Crippen molar-refractivity contribution >= 4 is 17.5 Å². The smallest absolute Gasteiger partial charge is 0.324 e. The lowest BCUT2D eigenvalue weighted by Crippen LogP contribution is -2.42. The molecule has 0 spiro atoms. The topological polar surface area (TPSA) is 60.9 Å². The molecule has 2 aromatic carbocycles. The first kappa shape index (κ1) is 19.0. The maximum Gasteiger partial charge on any atom is 0.324 e. The third-order valence-electron chi connectivity index (χ3n) is 4.74. The minimum atomic E-state index is -0.974. The molecule has 5 nitrogen and oxygen atoms in total. The average molecular weight is 370 g/mol. The van der Waals surface area contributed by atoms with Crippen molar-refractivity contribution in [3.63, 3.8) is 0 Å². The Labute approximate surface area is 158 Å². The molecule has 0 unspecified atom stereocenters. The molecule has 6 heteroatoms. The summed E-state index contributed by atoms with van der Waals surface area (Å²) < 4.78 is 13.6. The normalized spacial score (nSPS) is 16.4. The number of nitrogens with zero attached hydrogens (tertiary/aromatic N) is 2. The minimum absolute atomic E-state index is 0.116. The maximum absolute atomic E-state index is 13.6. The Morgan fingerprint density at radius 2 is 1.81 bits per heavy atom. The van der Waals surface area contributed by atoms with E-state index in [0.29, 0.717) is 25.1 Å². The first-order chi connectivity index (χ1) is 13.0. The third-order valence-corrected chi connectivity index (χ3v) is 4.74. The van der Waals surface area contributed by atoms with Gasteiger partial charge in [0.2, 0.25) is 0 Å². The van der Waals surface area contributed by atoms with E-state index in [1.54, 1.807) is 29.2 Å². The Hall–Kier alpha value is -2.73. The van der Waals surface area contributed by atoms with Crippen molar-refractivity contribution in [2.45, 2.75) is 26.1 Å². The molecule has 3 rings (SSSR count). The van der Waals surface area contributed by atoms with Gasteiger partial charge in [0.15, 0.2) is 5.78 Å². The highest BCUT2D eigenvalue weighted by atomic mass is 19.1. The summed E-state index contributed by atoms with van der Waals surface area (Å²) in [5, 5.41) is 8.95. The fourth-order valence-electron chi connectivity index (χ4n) is 3.13. The van der Waals surface area contributed by atoms with E-state index in [2.05, 4.69) is 0 Å². The molecular formula is C21H23FN2O3. The highest BCUT2D eigenvalue weighted by molar-refractivity contribution is 5.97. The standard InChI is InChI=1S/C21H23FN2O3/c1-15-2-8-19(9-3-15)24(21(27)23-11-10-18(22)13-23)12-16-4-6-17(7-5-16)20(26)14-25/h2-9,18,25H,10-14H2,1H3/t18-/m0/s1. The maximum atomic E-state index is 13.6. The Morgan fingerprint density at radius 1 is 1.15 bits per heavy atom. The third kappa shape index (κ3) is 4.52. The summed E-state index contributed by atoms with van der Waals surface area (Å²) in [4.78, 5) is 27.7. The second-order valence-electron chi connectivity index (χ2n) is 6.81. The lowest BCUT2D eigenvalue weighted by molar-refractivity contribution is 0.0903. The number of aliphatic hydroxyl groups excluding tert-OH is 1. The Morgan fingerprint density at radius 3 is 2.37 bits per heavy atom. The van der Waals surface area contributed by atoms with Gasteiger partial charge < -0.3 is 10.0 Å². The van der Waals surface area contributed by atoms with Crippen molar-refractivity contribution < 1.29 is 19.1 Å². The lowest BCUT2D eigenvalue weighted by Gasteiger charge is -2.28. The summed E-state index contributed by atoms with van der Waals surface area (Å²) >= 11 is 0. The summed E-state index contributed by atoms with van der Waals surface area (Å²) in [6.07, 6.45) is -0.608. The van der Waals surface area contributed by atoms with Gasteiger partial charge in [-0.2, -0.15) is 0 Å². The SMILES string of the molecule is Cc1ccc(N(Cc2ccc(C(=O)CO)cc2)C(=O)N2CC[C@H](F)C2)cc1. The van der Waals surface area contributed by atoms with Gasteiger partial charge in [0, 0.05) is 17.8 Å². The number of Topliss-reactive ketones (excluding diaryl/α,β-unsaturated/α-hetero) is 1. The molecule has 0 bridgehead atoms. The summed E-state index contributed by atoms with van der Waals surface area (Å²) in [6, 6.07) is 14.2. The van der Waals surface area contributed by atoms with Crippen molar-refractivity contribution in [1.29, 1.82) is 0 Å². The lowest BCUT2D eigenvalue weighted by atomic mass is 10.1.